The molecular formula is C17H18N2O5S. The molecule has 8 heteroatoms. The largest absolute Gasteiger partial charge is 0.506 e. The van der Waals surface area contributed by atoms with E-state index >= 15 is 0 Å². The van der Waals surface area contributed by atoms with Crippen molar-refractivity contribution in [2.45, 2.75) is 12.5 Å². The van der Waals surface area contributed by atoms with Gasteiger partial charge in [0.2, 0.25) is 5.88 Å². The van der Waals surface area contributed by atoms with Gasteiger partial charge in [-0.2, -0.15) is 8.42 Å². The van der Waals surface area contributed by atoms with Crippen LogP contribution in [0.25, 0.3) is 0 Å². The summed E-state index contributed by atoms with van der Waals surface area (Å²) in [6, 6.07) is 14.4. The fourth-order valence-corrected chi connectivity index (χ4v) is 3.75. The summed E-state index contributed by atoms with van der Waals surface area (Å²) in [6.45, 7) is 0. The van der Waals surface area contributed by atoms with Crippen molar-refractivity contribution in [1.82, 2.24) is 4.72 Å². The second kappa shape index (κ2) is 6.66. The zero-order valence-electron chi connectivity index (χ0n) is 13.5. The maximum absolute atomic E-state index is 11.9. The lowest BCUT2D eigenvalue weighted by molar-refractivity contribution is 0.103. The second-order valence-electron chi connectivity index (χ2n) is 5.58. The minimum absolute atomic E-state index is 0.0369. The first-order valence-corrected chi connectivity index (χ1v) is 8.97. The van der Waals surface area contributed by atoms with Crippen molar-refractivity contribution in [3.63, 3.8) is 0 Å². The molecule has 0 aromatic heterocycles. The molecule has 1 atom stereocenters. The number of aromatic hydroxyl groups is 1. The Kier molecular flexibility index (Phi) is 4.56. The van der Waals surface area contributed by atoms with Crippen LogP contribution in [0.2, 0.25) is 0 Å². The van der Waals surface area contributed by atoms with Gasteiger partial charge in [0.25, 0.3) is 0 Å². The number of hydrogen-bond donors (Lipinski definition) is 3. The standard InChI is InChI=1S/C17H18N2O5S/c1-24-16(9-12-5-3-2-4-6-12)13-7-8-14(15(20)10-13)19-11-17(21)18-25(19,22)23/h2-8,10-11,16,18,20-21H,9H2,1H3. The third kappa shape index (κ3) is 3.54. The average molecular weight is 362 g/mol. The van der Waals surface area contributed by atoms with Gasteiger partial charge < -0.3 is 14.9 Å². The van der Waals surface area contributed by atoms with E-state index in [1.807, 2.05) is 35.1 Å². The predicted molar refractivity (Wildman–Crippen MR) is 93.2 cm³/mol. The number of phenolic OH excluding ortho intramolecular Hbond substituents is 1. The highest BCUT2D eigenvalue weighted by atomic mass is 32.2. The molecule has 1 aliphatic heterocycles. The number of nitrogens with zero attached hydrogens (tertiary/aromatic N) is 1. The summed E-state index contributed by atoms with van der Waals surface area (Å²) in [5, 5.41) is 19.6. The normalized spacial score (nSPS) is 17.0. The maximum Gasteiger partial charge on any atom is 0.330 e. The molecule has 0 saturated heterocycles. The Bertz CT molecular complexity index is 897. The molecular weight excluding hydrogens is 344 g/mol. The molecule has 1 unspecified atom stereocenters. The summed E-state index contributed by atoms with van der Waals surface area (Å²) in [4.78, 5) is 0. The maximum atomic E-state index is 11.9. The molecule has 1 aliphatic rings. The van der Waals surface area contributed by atoms with E-state index in [9.17, 15) is 18.6 Å². The van der Waals surface area contributed by atoms with Gasteiger partial charge in [-0.15, -0.1) is 0 Å². The number of nitrogens with one attached hydrogen (secondary N) is 1. The van der Waals surface area contributed by atoms with Crippen LogP contribution in [0.5, 0.6) is 5.75 Å². The Balaban J connectivity index is 1.88. The van der Waals surface area contributed by atoms with E-state index in [2.05, 4.69) is 0 Å². The van der Waals surface area contributed by atoms with Crippen LogP contribution in [0.3, 0.4) is 0 Å². The van der Waals surface area contributed by atoms with E-state index in [1.54, 1.807) is 13.2 Å². The van der Waals surface area contributed by atoms with Crippen molar-refractivity contribution < 1.29 is 23.4 Å². The molecule has 132 valence electrons. The number of aliphatic hydroxyl groups is 1. The van der Waals surface area contributed by atoms with Crippen LogP contribution in [0.1, 0.15) is 17.2 Å². The van der Waals surface area contributed by atoms with Gasteiger partial charge in [-0.3, -0.25) is 0 Å². The SMILES string of the molecule is COC(Cc1ccccc1)c1ccc(N2C=C(O)NS2(=O)=O)c(O)c1. The lowest BCUT2D eigenvalue weighted by atomic mass is 10.0. The fraction of sp³-hybridized carbons (Fsp3) is 0.176. The van der Waals surface area contributed by atoms with Gasteiger partial charge in [0, 0.05) is 13.5 Å². The van der Waals surface area contributed by atoms with Crippen molar-refractivity contribution in [2.24, 2.45) is 0 Å². The van der Waals surface area contributed by atoms with Crippen LogP contribution in [0, 0.1) is 0 Å². The summed E-state index contributed by atoms with van der Waals surface area (Å²) in [6.07, 6.45) is 1.31. The van der Waals surface area contributed by atoms with E-state index in [4.69, 9.17) is 4.74 Å². The van der Waals surface area contributed by atoms with E-state index in [1.165, 1.54) is 12.1 Å². The zero-order chi connectivity index (χ0) is 18.0. The number of methoxy groups -OCH3 is 1. The highest BCUT2D eigenvalue weighted by molar-refractivity contribution is 7.91. The van der Waals surface area contributed by atoms with E-state index in [0.29, 0.717) is 12.0 Å². The lowest BCUT2D eigenvalue weighted by Gasteiger charge is -2.19. The van der Waals surface area contributed by atoms with Crippen LogP contribution in [-0.2, 0) is 21.4 Å². The number of rotatable bonds is 5. The number of aliphatic hydroxyl groups excluding tert-OH is 1. The summed E-state index contributed by atoms with van der Waals surface area (Å²) in [5.74, 6) is -0.744. The smallest absolute Gasteiger partial charge is 0.330 e. The molecule has 0 fully saturated rings. The Hall–Kier alpha value is -2.71. The van der Waals surface area contributed by atoms with Crippen molar-refractivity contribution in [3.05, 3.63) is 71.7 Å². The first-order chi connectivity index (χ1) is 11.9. The molecule has 2 aromatic carbocycles. The number of anilines is 1. The minimum atomic E-state index is -3.95. The van der Waals surface area contributed by atoms with Gasteiger partial charge in [-0.05, 0) is 23.3 Å². The first-order valence-electron chi connectivity index (χ1n) is 7.53. The highest BCUT2D eigenvalue weighted by Gasteiger charge is 2.30. The Labute approximate surface area is 146 Å². The van der Waals surface area contributed by atoms with Crippen molar-refractivity contribution >= 4 is 15.9 Å². The second-order valence-corrected chi connectivity index (χ2v) is 7.13. The van der Waals surface area contributed by atoms with Gasteiger partial charge in [0.05, 0.1) is 12.3 Å². The molecule has 2 aromatic rings. The quantitative estimate of drug-likeness (QED) is 0.758. The van der Waals surface area contributed by atoms with Crippen molar-refractivity contribution in [2.75, 3.05) is 11.4 Å². The molecule has 0 spiro atoms. The minimum Gasteiger partial charge on any atom is -0.506 e. The number of ether oxygens (including phenoxy) is 1. The van der Waals surface area contributed by atoms with Crippen LogP contribution >= 0.6 is 0 Å². The summed E-state index contributed by atoms with van der Waals surface area (Å²) >= 11 is 0. The van der Waals surface area contributed by atoms with Crippen LogP contribution < -0.4 is 9.03 Å². The molecule has 0 radical (unpaired) electrons. The average Bonchev–Trinajstić information content (AvgIpc) is 2.85. The molecule has 0 bridgehead atoms. The lowest BCUT2D eigenvalue weighted by Crippen LogP contribution is -2.29. The summed E-state index contributed by atoms with van der Waals surface area (Å²) in [7, 11) is -2.37. The van der Waals surface area contributed by atoms with Crippen molar-refractivity contribution in [3.8, 4) is 5.75 Å². The third-order valence-electron chi connectivity index (χ3n) is 3.89. The molecule has 25 heavy (non-hydrogen) atoms. The highest BCUT2D eigenvalue weighted by Crippen LogP contribution is 2.35. The Morgan fingerprint density at radius 3 is 2.44 bits per heavy atom. The molecule has 1 heterocycles. The summed E-state index contributed by atoms with van der Waals surface area (Å²) in [5.41, 5.74) is 1.83. The summed E-state index contributed by atoms with van der Waals surface area (Å²) < 4.78 is 32.0. The topological polar surface area (TPSA) is 99.1 Å². The van der Waals surface area contributed by atoms with E-state index in [0.717, 1.165) is 16.1 Å². The molecule has 3 N–H and O–H groups in total. The van der Waals surface area contributed by atoms with Gasteiger partial charge in [0.15, 0.2) is 0 Å². The molecule has 3 rings (SSSR count). The van der Waals surface area contributed by atoms with E-state index < -0.39 is 16.1 Å². The molecule has 0 amide bonds. The van der Waals surface area contributed by atoms with Crippen LogP contribution in [0.15, 0.2) is 60.6 Å². The molecule has 0 aliphatic carbocycles. The first kappa shape index (κ1) is 17.1. The van der Waals surface area contributed by atoms with Gasteiger partial charge >= 0.3 is 10.2 Å². The van der Waals surface area contributed by atoms with Crippen molar-refractivity contribution in [1.29, 1.82) is 0 Å². The third-order valence-corrected chi connectivity index (χ3v) is 5.18. The molecule has 0 saturated carbocycles. The van der Waals surface area contributed by atoms with Gasteiger partial charge in [-0.25, -0.2) is 9.03 Å². The van der Waals surface area contributed by atoms with Gasteiger partial charge in [-0.1, -0.05) is 36.4 Å². The number of phenols is 1. The number of benzene rings is 2. The Morgan fingerprint density at radius 1 is 1.16 bits per heavy atom. The van der Waals surface area contributed by atoms with Crippen LogP contribution in [-0.4, -0.2) is 25.7 Å². The number of hydrogen-bond acceptors (Lipinski definition) is 5. The zero-order valence-corrected chi connectivity index (χ0v) is 14.3. The van der Waals surface area contributed by atoms with E-state index in [-0.39, 0.29) is 17.5 Å². The predicted octanol–water partition coefficient (Wildman–Crippen LogP) is 2.33. The van der Waals surface area contributed by atoms with Gasteiger partial charge in [0.1, 0.15) is 11.4 Å². The Morgan fingerprint density at radius 2 is 1.88 bits per heavy atom. The fourth-order valence-electron chi connectivity index (χ4n) is 2.68. The monoisotopic (exact) mass is 362 g/mol. The molecule has 7 nitrogen and oxygen atoms in total. The van der Waals surface area contributed by atoms with Crippen LogP contribution in [0.4, 0.5) is 5.69 Å².